The van der Waals surface area contributed by atoms with Crippen LogP contribution in [0.2, 0.25) is 0 Å². The quantitative estimate of drug-likeness (QED) is 0.616. The molecule has 0 radical (unpaired) electrons. The molecule has 3 rings (SSSR count). The molecule has 0 aromatic heterocycles. The third-order valence-electron chi connectivity index (χ3n) is 4.72. The lowest BCUT2D eigenvalue weighted by molar-refractivity contribution is -0.117. The van der Waals surface area contributed by atoms with E-state index in [0.29, 0.717) is 43.7 Å². The zero-order chi connectivity index (χ0) is 20.1. The van der Waals surface area contributed by atoms with Crippen molar-refractivity contribution in [2.24, 2.45) is 5.73 Å². The second-order valence-corrected chi connectivity index (χ2v) is 8.45. The molecule has 7 nitrogen and oxygen atoms in total. The van der Waals surface area contributed by atoms with E-state index < -0.39 is 16.3 Å². The number of nitrogens with two attached hydrogens (primary N) is 1. The molecule has 0 unspecified atom stereocenters. The van der Waals surface area contributed by atoms with Crippen LogP contribution in [0.25, 0.3) is 0 Å². The lowest BCUT2D eigenvalue weighted by atomic mass is 10.0. The molecule has 2 aromatic rings. The maximum Gasteiger partial charge on any atom is 0.301 e. The van der Waals surface area contributed by atoms with Gasteiger partial charge < -0.3 is 11.1 Å². The van der Waals surface area contributed by atoms with Crippen LogP contribution in [0.15, 0.2) is 48.5 Å². The van der Waals surface area contributed by atoms with Gasteiger partial charge in [0, 0.05) is 24.3 Å². The summed E-state index contributed by atoms with van der Waals surface area (Å²) in [6, 6.07) is 14.2. The van der Waals surface area contributed by atoms with E-state index in [2.05, 4.69) is 10.0 Å². The van der Waals surface area contributed by atoms with Gasteiger partial charge in [0.25, 0.3) is 0 Å². The van der Waals surface area contributed by atoms with Gasteiger partial charge >= 0.3 is 10.2 Å². The molecule has 9 heteroatoms. The first-order valence-electron chi connectivity index (χ1n) is 9.42. The summed E-state index contributed by atoms with van der Waals surface area (Å²) >= 11 is 0. The summed E-state index contributed by atoms with van der Waals surface area (Å²) < 4.78 is 28.9. The van der Waals surface area contributed by atoms with E-state index in [4.69, 9.17) is 5.73 Å². The number of carbonyl (C=O) groups excluding carboxylic acids is 1. The second kappa shape index (κ2) is 10.1. The smallest absolute Gasteiger partial charge is 0.301 e. The molecule has 1 atom stereocenters. The Kier molecular flexibility index (Phi) is 8.04. The van der Waals surface area contributed by atoms with Gasteiger partial charge in [0.15, 0.2) is 0 Å². The van der Waals surface area contributed by atoms with Gasteiger partial charge in [-0.15, -0.1) is 12.4 Å². The van der Waals surface area contributed by atoms with Crippen molar-refractivity contribution in [1.82, 2.24) is 4.72 Å². The molecule has 0 fully saturated rings. The largest absolute Gasteiger partial charge is 0.324 e. The number of hydrogen-bond acceptors (Lipinski definition) is 4. The predicted octanol–water partition coefficient (Wildman–Crippen LogP) is 2.22. The Morgan fingerprint density at radius 2 is 1.90 bits per heavy atom. The van der Waals surface area contributed by atoms with Crippen molar-refractivity contribution in [2.75, 3.05) is 22.7 Å². The van der Waals surface area contributed by atoms with Gasteiger partial charge in [-0.25, -0.2) is 0 Å². The van der Waals surface area contributed by atoms with E-state index in [1.54, 1.807) is 25.1 Å². The summed E-state index contributed by atoms with van der Waals surface area (Å²) in [6.45, 7) is 2.47. The van der Waals surface area contributed by atoms with Crippen LogP contribution in [0.3, 0.4) is 0 Å². The SMILES string of the molecule is CCNS(=O)(=O)N1CCCc2c(NC(=O)[C@@H](N)Cc3ccccc3)cccc21.Cl. The highest BCUT2D eigenvalue weighted by atomic mass is 35.5. The molecule has 29 heavy (non-hydrogen) atoms. The number of amides is 1. The van der Waals surface area contributed by atoms with E-state index >= 15 is 0 Å². The minimum atomic E-state index is -3.60. The number of fused-ring (bicyclic) bond motifs is 1. The Hall–Kier alpha value is -2.13. The van der Waals surface area contributed by atoms with Crippen molar-refractivity contribution in [3.63, 3.8) is 0 Å². The normalized spacial score (nSPS) is 14.5. The molecule has 1 aliphatic heterocycles. The number of benzene rings is 2. The third-order valence-corrected chi connectivity index (χ3v) is 6.33. The zero-order valence-electron chi connectivity index (χ0n) is 16.3. The monoisotopic (exact) mass is 438 g/mol. The highest BCUT2D eigenvalue weighted by molar-refractivity contribution is 7.90. The van der Waals surface area contributed by atoms with E-state index in [-0.39, 0.29) is 18.3 Å². The van der Waals surface area contributed by atoms with Crippen LogP contribution in [-0.4, -0.2) is 33.5 Å². The fourth-order valence-corrected chi connectivity index (χ4v) is 4.72. The topological polar surface area (TPSA) is 105 Å². The van der Waals surface area contributed by atoms with Crippen molar-refractivity contribution >= 4 is 39.9 Å². The number of carbonyl (C=O) groups is 1. The highest BCUT2D eigenvalue weighted by Gasteiger charge is 2.28. The van der Waals surface area contributed by atoms with Crippen molar-refractivity contribution in [3.05, 3.63) is 59.7 Å². The standard InChI is InChI=1S/C20H26N4O3S.ClH/c1-2-22-28(26,27)24-13-7-10-16-18(11-6-12-19(16)24)23-20(25)17(21)14-15-8-4-3-5-9-15;/h3-6,8-9,11-12,17,22H,2,7,10,13-14,21H2,1H3,(H,23,25);1H/t17-;/m0./s1. The highest BCUT2D eigenvalue weighted by Crippen LogP contribution is 2.34. The number of halogens is 1. The van der Waals surface area contributed by atoms with Crippen molar-refractivity contribution < 1.29 is 13.2 Å². The van der Waals surface area contributed by atoms with Gasteiger partial charge in [-0.2, -0.15) is 13.1 Å². The molecule has 4 N–H and O–H groups in total. The summed E-state index contributed by atoms with van der Waals surface area (Å²) in [5, 5.41) is 2.89. The first-order chi connectivity index (χ1) is 13.4. The van der Waals surface area contributed by atoms with Crippen molar-refractivity contribution in [3.8, 4) is 0 Å². The van der Waals surface area contributed by atoms with E-state index in [0.717, 1.165) is 11.1 Å². The Labute approximate surface area is 178 Å². The molecule has 158 valence electrons. The Morgan fingerprint density at radius 3 is 2.59 bits per heavy atom. The summed E-state index contributed by atoms with van der Waals surface area (Å²) in [5.41, 5.74) is 9.10. The van der Waals surface area contributed by atoms with Gasteiger partial charge in [-0.05, 0) is 37.0 Å². The zero-order valence-corrected chi connectivity index (χ0v) is 17.9. The first-order valence-corrected chi connectivity index (χ1v) is 10.9. The molecular weight excluding hydrogens is 412 g/mol. The summed E-state index contributed by atoms with van der Waals surface area (Å²) in [5.74, 6) is -0.288. The fourth-order valence-electron chi connectivity index (χ4n) is 3.40. The van der Waals surface area contributed by atoms with Crippen LogP contribution >= 0.6 is 12.4 Å². The van der Waals surface area contributed by atoms with Crippen LogP contribution in [0.1, 0.15) is 24.5 Å². The molecule has 1 heterocycles. The van der Waals surface area contributed by atoms with Crippen molar-refractivity contribution in [1.29, 1.82) is 0 Å². The molecule has 1 aliphatic rings. The van der Waals surface area contributed by atoms with Crippen LogP contribution in [0, 0.1) is 0 Å². The molecule has 0 saturated carbocycles. The molecule has 0 saturated heterocycles. The Balaban J connectivity index is 0.00000300. The Morgan fingerprint density at radius 1 is 1.17 bits per heavy atom. The number of hydrogen-bond donors (Lipinski definition) is 3. The summed E-state index contributed by atoms with van der Waals surface area (Å²) in [4.78, 5) is 12.6. The van der Waals surface area contributed by atoms with Crippen LogP contribution in [-0.2, 0) is 27.8 Å². The minimum Gasteiger partial charge on any atom is -0.324 e. The fraction of sp³-hybridized carbons (Fsp3) is 0.350. The molecule has 1 amide bonds. The predicted molar refractivity (Wildman–Crippen MR) is 119 cm³/mol. The first kappa shape index (κ1) is 23.2. The van der Waals surface area contributed by atoms with E-state index in [1.807, 2.05) is 30.3 Å². The van der Waals surface area contributed by atoms with Crippen LogP contribution in [0.4, 0.5) is 11.4 Å². The molecule has 0 spiro atoms. The second-order valence-electron chi connectivity index (χ2n) is 6.77. The summed E-state index contributed by atoms with van der Waals surface area (Å²) in [7, 11) is -3.60. The lowest BCUT2D eigenvalue weighted by Crippen LogP contribution is -2.43. The van der Waals surface area contributed by atoms with Gasteiger partial charge in [-0.1, -0.05) is 43.3 Å². The Bertz CT molecular complexity index is 938. The van der Waals surface area contributed by atoms with Crippen LogP contribution < -0.4 is 20.1 Å². The third kappa shape index (κ3) is 5.48. The minimum absolute atomic E-state index is 0. The van der Waals surface area contributed by atoms with Gasteiger partial charge in [0.2, 0.25) is 5.91 Å². The average Bonchev–Trinajstić information content (AvgIpc) is 2.68. The number of rotatable bonds is 7. The van der Waals surface area contributed by atoms with E-state index in [9.17, 15) is 13.2 Å². The van der Waals surface area contributed by atoms with E-state index in [1.165, 1.54) is 4.31 Å². The maximum absolute atomic E-state index is 12.6. The molecule has 0 bridgehead atoms. The average molecular weight is 439 g/mol. The number of nitrogens with one attached hydrogen (secondary N) is 2. The number of anilines is 2. The van der Waals surface area contributed by atoms with Crippen LogP contribution in [0.5, 0.6) is 0 Å². The molecule has 2 aromatic carbocycles. The molecular formula is C20H27ClN4O3S. The summed E-state index contributed by atoms with van der Waals surface area (Å²) in [6.07, 6.45) is 1.81. The van der Waals surface area contributed by atoms with Crippen molar-refractivity contribution in [2.45, 2.75) is 32.2 Å². The van der Waals surface area contributed by atoms with Gasteiger partial charge in [0.1, 0.15) is 0 Å². The number of nitrogens with zero attached hydrogens (tertiary/aromatic N) is 1. The molecule has 0 aliphatic carbocycles. The lowest BCUT2D eigenvalue weighted by Gasteiger charge is -2.31. The van der Waals surface area contributed by atoms with Gasteiger partial charge in [0.05, 0.1) is 11.7 Å². The van der Waals surface area contributed by atoms with Gasteiger partial charge in [-0.3, -0.25) is 9.10 Å². The maximum atomic E-state index is 12.6.